The summed E-state index contributed by atoms with van der Waals surface area (Å²) in [7, 11) is 0. The van der Waals surface area contributed by atoms with Gasteiger partial charge in [-0.05, 0) is 54.2 Å². The first kappa shape index (κ1) is 26.2. The highest BCUT2D eigenvalue weighted by Gasteiger charge is 2.32. The molecule has 1 aliphatic rings. The summed E-state index contributed by atoms with van der Waals surface area (Å²) in [5.41, 5.74) is 3.84. The Morgan fingerprint density at radius 2 is 1.61 bits per heavy atom. The number of carbonyl (C=O) groups is 2. The largest absolute Gasteiger partial charge is 0.352 e. The molecule has 0 bridgehead atoms. The zero-order chi connectivity index (χ0) is 25.5. The molecule has 1 aliphatic carbocycles. The van der Waals surface area contributed by atoms with Crippen LogP contribution in [0.25, 0.3) is 0 Å². The third-order valence-electron chi connectivity index (χ3n) is 6.91. The van der Waals surface area contributed by atoms with Gasteiger partial charge in [0, 0.05) is 19.0 Å². The van der Waals surface area contributed by atoms with Gasteiger partial charge in [0.1, 0.15) is 6.04 Å². The van der Waals surface area contributed by atoms with Crippen molar-refractivity contribution in [3.05, 3.63) is 105 Å². The van der Waals surface area contributed by atoms with Gasteiger partial charge in [-0.1, -0.05) is 96.7 Å². The van der Waals surface area contributed by atoms with Gasteiger partial charge in [-0.3, -0.25) is 9.59 Å². The van der Waals surface area contributed by atoms with Crippen molar-refractivity contribution in [1.82, 2.24) is 10.2 Å². The molecule has 1 saturated carbocycles. The lowest BCUT2D eigenvalue weighted by molar-refractivity contribution is -0.141. The lowest BCUT2D eigenvalue weighted by atomic mass is 10.00. The number of aryl methyl sites for hydroxylation is 1. The SMILES string of the molecule is Cc1ccccc1CC(=O)N(Cc1ccc(Cl)c(Cl)c1)[C@H](Cc1ccccc1)C(=O)NC1CCCC1. The second kappa shape index (κ2) is 12.4. The topological polar surface area (TPSA) is 49.4 Å². The molecule has 0 unspecified atom stereocenters. The Labute approximate surface area is 223 Å². The Kier molecular flexibility index (Phi) is 9.06. The number of hydrogen-bond donors (Lipinski definition) is 1. The first-order valence-corrected chi connectivity index (χ1v) is 13.3. The molecule has 4 nitrogen and oxygen atoms in total. The second-order valence-corrected chi connectivity index (χ2v) is 10.4. The van der Waals surface area contributed by atoms with E-state index in [1.165, 1.54) is 0 Å². The van der Waals surface area contributed by atoms with E-state index in [0.29, 0.717) is 16.5 Å². The predicted octanol–water partition coefficient (Wildman–Crippen LogP) is 6.54. The lowest BCUT2D eigenvalue weighted by Crippen LogP contribution is -2.52. The van der Waals surface area contributed by atoms with E-state index in [2.05, 4.69) is 5.32 Å². The Balaban J connectivity index is 1.68. The second-order valence-electron chi connectivity index (χ2n) is 9.57. The molecule has 0 heterocycles. The molecule has 3 aromatic carbocycles. The van der Waals surface area contributed by atoms with Crippen LogP contribution in [0.1, 0.15) is 47.9 Å². The molecule has 0 aromatic heterocycles. The number of rotatable bonds is 9. The molecule has 6 heteroatoms. The molecule has 1 atom stereocenters. The van der Waals surface area contributed by atoms with E-state index < -0.39 is 6.04 Å². The first-order valence-electron chi connectivity index (χ1n) is 12.5. The summed E-state index contributed by atoms with van der Waals surface area (Å²) in [6.45, 7) is 2.26. The zero-order valence-corrected chi connectivity index (χ0v) is 22.1. The van der Waals surface area contributed by atoms with Crippen LogP contribution in [-0.2, 0) is 29.0 Å². The van der Waals surface area contributed by atoms with Crippen molar-refractivity contribution in [1.29, 1.82) is 0 Å². The molecule has 3 aromatic rings. The number of halogens is 2. The van der Waals surface area contributed by atoms with Gasteiger partial charge in [-0.25, -0.2) is 0 Å². The molecule has 0 radical (unpaired) electrons. The van der Waals surface area contributed by atoms with Crippen molar-refractivity contribution in [2.45, 2.75) is 64.1 Å². The summed E-state index contributed by atoms with van der Waals surface area (Å²) in [5, 5.41) is 4.12. The van der Waals surface area contributed by atoms with Gasteiger partial charge in [0.05, 0.1) is 16.5 Å². The molecule has 4 rings (SSSR count). The Bertz CT molecular complexity index is 1190. The minimum absolute atomic E-state index is 0.0992. The quantitative estimate of drug-likeness (QED) is 0.346. The fourth-order valence-corrected chi connectivity index (χ4v) is 5.15. The summed E-state index contributed by atoms with van der Waals surface area (Å²) in [6, 6.07) is 22.6. The van der Waals surface area contributed by atoms with Crippen LogP contribution in [0.5, 0.6) is 0 Å². The van der Waals surface area contributed by atoms with Gasteiger partial charge in [0.25, 0.3) is 0 Å². The van der Waals surface area contributed by atoms with E-state index in [1.54, 1.807) is 17.0 Å². The van der Waals surface area contributed by atoms with Crippen LogP contribution in [0.15, 0.2) is 72.8 Å². The fourth-order valence-electron chi connectivity index (χ4n) is 4.83. The van der Waals surface area contributed by atoms with Gasteiger partial charge in [0.15, 0.2) is 0 Å². The normalized spacial score (nSPS) is 14.4. The first-order chi connectivity index (χ1) is 17.4. The summed E-state index contributed by atoms with van der Waals surface area (Å²) < 4.78 is 0. The van der Waals surface area contributed by atoms with Crippen LogP contribution in [0, 0.1) is 6.92 Å². The monoisotopic (exact) mass is 522 g/mol. The van der Waals surface area contributed by atoms with E-state index in [-0.39, 0.29) is 30.8 Å². The molecule has 0 spiro atoms. The number of benzene rings is 3. The molecule has 0 aliphatic heterocycles. The van der Waals surface area contributed by atoms with Gasteiger partial charge in [0.2, 0.25) is 11.8 Å². The molecule has 188 valence electrons. The molecule has 0 saturated heterocycles. The Morgan fingerprint density at radius 3 is 2.31 bits per heavy atom. The molecular weight excluding hydrogens is 491 g/mol. The van der Waals surface area contributed by atoms with Crippen LogP contribution >= 0.6 is 23.2 Å². The summed E-state index contributed by atoms with van der Waals surface area (Å²) in [6.07, 6.45) is 4.85. The maximum absolute atomic E-state index is 13.9. The molecular formula is C30H32Cl2N2O2. The zero-order valence-electron chi connectivity index (χ0n) is 20.6. The summed E-state index contributed by atoms with van der Waals surface area (Å²) in [4.78, 5) is 29.3. The third-order valence-corrected chi connectivity index (χ3v) is 7.65. The Hall–Kier alpha value is -2.82. The summed E-state index contributed by atoms with van der Waals surface area (Å²) in [5.74, 6) is -0.207. The maximum atomic E-state index is 13.9. The predicted molar refractivity (Wildman–Crippen MR) is 146 cm³/mol. The van der Waals surface area contributed by atoms with Crippen LogP contribution in [0.3, 0.4) is 0 Å². The van der Waals surface area contributed by atoms with Crippen molar-refractivity contribution < 1.29 is 9.59 Å². The van der Waals surface area contributed by atoms with Gasteiger partial charge < -0.3 is 10.2 Å². The van der Waals surface area contributed by atoms with Gasteiger partial charge in [-0.15, -0.1) is 0 Å². The number of hydrogen-bond acceptors (Lipinski definition) is 2. The highest BCUT2D eigenvalue weighted by molar-refractivity contribution is 6.42. The minimum atomic E-state index is -0.654. The molecule has 2 amide bonds. The Morgan fingerprint density at radius 1 is 0.917 bits per heavy atom. The minimum Gasteiger partial charge on any atom is -0.352 e. The smallest absolute Gasteiger partial charge is 0.243 e. The van der Waals surface area contributed by atoms with E-state index in [4.69, 9.17) is 23.2 Å². The number of amides is 2. The van der Waals surface area contributed by atoms with Crippen molar-refractivity contribution in [2.24, 2.45) is 0 Å². The highest BCUT2D eigenvalue weighted by Crippen LogP contribution is 2.25. The van der Waals surface area contributed by atoms with Crippen LogP contribution < -0.4 is 5.32 Å². The van der Waals surface area contributed by atoms with Gasteiger partial charge in [-0.2, -0.15) is 0 Å². The van der Waals surface area contributed by atoms with Crippen LogP contribution in [0.2, 0.25) is 10.0 Å². The van der Waals surface area contributed by atoms with Crippen molar-refractivity contribution in [2.75, 3.05) is 0 Å². The number of nitrogens with one attached hydrogen (secondary N) is 1. The third kappa shape index (κ3) is 6.89. The number of carbonyl (C=O) groups excluding carboxylic acids is 2. The standard InChI is InChI=1S/C30H32Cl2N2O2/c1-21-9-5-6-12-24(21)19-29(35)34(20-23-15-16-26(31)27(32)17-23)28(18-22-10-3-2-4-11-22)30(36)33-25-13-7-8-14-25/h2-6,9-12,15-17,25,28H,7-8,13-14,18-20H2,1H3,(H,33,36)/t28-/m1/s1. The van der Waals surface area contributed by atoms with E-state index in [1.807, 2.05) is 67.6 Å². The van der Waals surface area contributed by atoms with Crippen LogP contribution in [-0.4, -0.2) is 28.8 Å². The summed E-state index contributed by atoms with van der Waals surface area (Å²) >= 11 is 12.4. The van der Waals surface area contributed by atoms with E-state index >= 15 is 0 Å². The average molecular weight is 524 g/mol. The van der Waals surface area contributed by atoms with Crippen molar-refractivity contribution in [3.8, 4) is 0 Å². The van der Waals surface area contributed by atoms with Gasteiger partial charge >= 0.3 is 0 Å². The van der Waals surface area contributed by atoms with Crippen molar-refractivity contribution in [3.63, 3.8) is 0 Å². The lowest BCUT2D eigenvalue weighted by Gasteiger charge is -2.32. The highest BCUT2D eigenvalue weighted by atomic mass is 35.5. The van der Waals surface area contributed by atoms with Crippen molar-refractivity contribution >= 4 is 35.0 Å². The van der Waals surface area contributed by atoms with Crippen LogP contribution in [0.4, 0.5) is 0 Å². The maximum Gasteiger partial charge on any atom is 0.243 e. The fraction of sp³-hybridized carbons (Fsp3) is 0.333. The molecule has 1 fully saturated rings. The average Bonchev–Trinajstić information content (AvgIpc) is 3.38. The van der Waals surface area contributed by atoms with E-state index in [9.17, 15) is 9.59 Å². The molecule has 1 N–H and O–H groups in total. The molecule has 36 heavy (non-hydrogen) atoms. The number of nitrogens with zero attached hydrogens (tertiary/aromatic N) is 1. The van der Waals surface area contributed by atoms with E-state index in [0.717, 1.165) is 47.9 Å².